The molecule has 0 N–H and O–H groups in total. The van der Waals surface area contributed by atoms with Crippen LogP contribution in [0.1, 0.15) is 53.6 Å². The van der Waals surface area contributed by atoms with Crippen LogP contribution >= 0.6 is 11.8 Å². The van der Waals surface area contributed by atoms with Gasteiger partial charge in [-0.3, -0.25) is 9.98 Å². The van der Waals surface area contributed by atoms with Crippen molar-refractivity contribution in [2.75, 3.05) is 5.75 Å². The van der Waals surface area contributed by atoms with E-state index in [0.29, 0.717) is 6.04 Å². The number of hydrogen-bond donors (Lipinski definition) is 0. The van der Waals surface area contributed by atoms with Gasteiger partial charge in [0.15, 0.2) is 5.17 Å². The Morgan fingerprint density at radius 1 is 1.07 bits per heavy atom. The molecule has 5 heterocycles. The Kier molecular flexibility index (Phi) is 4.89. The number of pyridine rings is 2. The summed E-state index contributed by atoms with van der Waals surface area (Å²) in [6.07, 6.45) is 4.89. The topological polar surface area (TPSA) is 46.3 Å². The number of nitrogens with zero attached hydrogens (tertiary/aromatic N) is 5. The number of aromatic nitrogens is 3. The van der Waals surface area contributed by atoms with Gasteiger partial charge in [-0.05, 0) is 68.7 Å². The largest absolute Gasteiger partial charge is 0.338 e. The molecule has 30 heavy (non-hydrogen) atoms. The lowest BCUT2D eigenvalue weighted by atomic mass is 9.95. The molecule has 0 amide bonds. The number of thioether (sulfide) groups is 1. The summed E-state index contributed by atoms with van der Waals surface area (Å²) < 4.78 is 2.28. The summed E-state index contributed by atoms with van der Waals surface area (Å²) in [6.45, 7) is 8.77. The lowest BCUT2D eigenvalue weighted by Crippen LogP contribution is -2.35. The van der Waals surface area contributed by atoms with E-state index in [2.05, 4.69) is 71.4 Å². The monoisotopic (exact) mass is 417 g/mol. The molecule has 0 aromatic carbocycles. The van der Waals surface area contributed by atoms with Gasteiger partial charge in [0.2, 0.25) is 0 Å². The number of amidine groups is 1. The van der Waals surface area contributed by atoms with Crippen molar-refractivity contribution in [3.05, 3.63) is 77.0 Å². The summed E-state index contributed by atoms with van der Waals surface area (Å²) in [5, 5.41) is 1.17. The van der Waals surface area contributed by atoms with Crippen LogP contribution in [0.3, 0.4) is 0 Å². The molecule has 1 fully saturated rings. The zero-order valence-electron chi connectivity index (χ0n) is 17.9. The molecule has 0 aliphatic carbocycles. The molecule has 3 aromatic heterocycles. The first-order valence-electron chi connectivity index (χ1n) is 10.6. The van der Waals surface area contributed by atoms with Gasteiger partial charge in [-0.1, -0.05) is 24.8 Å². The van der Waals surface area contributed by atoms with Crippen molar-refractivity contribution in [3.63, 3.8) is 0 Å². The summed E-state index contributed by atoms with van der Waals surface area (Å²) in [4.78, 5) is 17.0. The average Bonchev–Trinajstić information content (AvgIpc) is 3.40. The van der Waals surface area contributed by atoms with Crippen LogP contribution in [-0.4, -0.2) is 36.4 Å². The van der Waals surface area contributed by atoms with E-state index >= 15 is 0 Å². The third kappa shape index (κ3) is 3.05. The molecule has 6 heteroatoms. The van der Waals surface area contributed by atoms with Gasteiger partial charge in [0.05, 0.1) is 11.7 Å². The molecule has 154 valence electrons. The second-order valence-electron chi connectivity index (χ2n) is 8.19. The Bertz CT molecular complexity index is 1100. The fraction of sp³-hybridized carbons (Fsp3) is 0.375. The Morgan fingerprint density at radius 3 is 2.67 bits per heavy atom. The van der Waals surface area contributed by atoms with E-state index in [1.807, 2.05) is 36.3 Å². The highest BCUT2D eigenvalue weighted by molar-refractivity contribution is 8.14. The second kappa shape index (κ2) is 7.58. The quantitative estimate of drug-likeness (QED) is 0.587. The normalized spacial score (nSPS) is 23.0. The van der Waals surface area contributed by atoms with Crippen molar-refractivity contribution in [2.24, 2.45) is 4.99 Å². The minimum absolute atomic E-state index is 0.0162. The lowest BCUT2D eigenvalue weighted by Gasteiger charge is -2.32. The van der Waals surface area contributed by atoms with Crippen molar-refractivity contribution in [2.45, 2.75) is 52.2 Å². The van der Waals surface area contributed by atoms with E-state index in [-0.39, 0.29) is 12.1 Å². The van der Waals surface area contributed by atoms with Crippen LogP contribution in [0.2, 0.25) is 0 Å². The molecular weight excluding hydrogens is 390 g/mol. The Morgan fingerprint density at radius 2 is 1.93 bits per heavy atom. The van der Waals surface area contributed by atoms with Crippen LogP contribution in [0.4, 0.5) is 0 Å². The van der Waals surface area contributed by atoms with Crippen LogP contribution in [0.25, 0.3) is 5.82 Å². The van der Waals surface area contributed by atoms with Crippen LogP contribution in [0.15, 0.2) is 53.8 Å². The maximum Gasteiger partial charge on any atom is 0.160 e. The highest BCUT2D eigenvalue weighted by Gasteiger charge is 2.46. The van der Waals surface area contributed by atoms with Gasteiger partial charge in [-0.15, -0.1) is 0 Å². The van der Waals surface area contributed by atoms with Crippen LogP contribution in [-0.2, 0) is 0 Å². The van der Waals surface area contributed by atoms with E-state index in [9.17, 15) is 0 Å². The average molecular weight is 418 g/mol. The highest BCUT2D eigenvalue weighted by atomic mass is 32.2. The Hall–Kier alpha value is -2.60. The molecule has 0 radical (unpaired) electrons. The first-order chi connectivity index (χ1) is 14.6. The Balaban J connectivity index is 1.64. The van der Waals surface area contributed by atoms with E-state index in [1.165, 1.54) is 27.7 Å². The third-order valence-corrected chi connectivity index (χ3v) is 7.37. The van der Waals surface area contributed by atoms with E-state index < -0.39 is 0 Å². The number of aliphatic imine (C=N–C) groups is 1. The number of hydrogen-bond acceptors (Lipinski definition) is 5. The van der Waals surface area contributed by atoms with E-state index in [0.717, 1.165) is 23.7 Å². The molecular formula is C24H27N5S. The number of rotatable bonds is 4. The summed E-state index contributed by atoms with van der Waals surface area (Å²) in [6, 6.07) is 13.4. The van der Waals surface area contributed by atoms with Crippen molar-refractivity contribution in [3.8, 4) is 5.82 Å². The van der Waals surface area contributed by atoms with Gasteiger partial charge < -0.3 is 9.47 Å². The first-order valence-corrected chi connectivity index (χ1v) is 11.6. The van der Waals surface area contributed by atoms with Gasteiger partial charge in [0, 0.05) is 35.6 Å². The SMILES string of the molecule is CC[C@H]1CSC2=N[C@H](c3ccccn3)[C@@H](c3cc(C)n(-c4cc(C)ccn4)c3C)N21. The summed E-state index contributed by atoms with van der Waals surface area (Å²) in [7, 11) is 0. The van der Waals surface area contributed by atoms with Crippen molar-refractivity contribution < 1.29 is 0 Å². The predicted molar refractivity (Wildman–Crippen MR) is 123 cm³/mol. The van der Waals surface area contributed by atoms with Gasteiger partial charge in [-0.25, -0.2) is 4.98 Å². The number of aryl methyl sites for hydroxylation is 2. The molecule has 0 saturated carbocycles. The zero-order chi connectivity index (χ0) is 20.8. The van der Waals surface area contributed by atoms with Crippen LogP contribution < -0.4 is 0 Å². The first kappa shape index (κ1) is 19.4. The summed E-state index contributed by atoms with van der Waals surface area (Å²) in [5.74, 6) is 2.09. The molecule has 0 unspecified atom stereocenters. The summed E-state index contributed by atoms with van der Waals surface area (Å²) in [5.41, 5.74) is 6.02. The molecule has 2 aliphatic rings. The minimum Gasteiger partial charge on any atom is -0.338 e. The smallest absolute Gasteiger partial charge is 0.160 e. The molecule has 5 rings (SSSR count). The van der Waals surface area contributed by atoms with Crippen LogP contribution in [0, 0.1) is 20.8 Å². The zero-order valence-corrected chi connectivity index (χ0v) is 18.7. The number of fused-ring (bicyclic) bond motifs is 1. The second-order valence-corrected chi connectivity index (χ2v) is 9.18. The maximum absolute atomic E-state index is 5.16. The Labute approximate surface area is 182 Å². The predicted octanol–water partition coefficient (Wildman–Crippen LogP) is 5.17. The van der Waals surface area contributed by atoms with E-state index in [4.69, 9.17) is 4.99 Å². The van der Waals surface area contributed by atoms with Crippen molar-refractivity contribution >= 4 is 16.9 Å². The lowest BCUT2D eigenvalue weighted by molar-refractivity contribution is 0.254. The molecule has 0 bridgehead atoms. The van der Waals surface area contributed by atoms with Gasteiger partial charge in [0.25, 0.3) is 0 Å². The maximum atomic E-state index is 5.16. The fourth-order valence-electron chi connectivity index (χ4n) is 4.77. The van der Waals surface area contributed by atoms with Crippen molar-refractivity contribution in [1.82, 2.24) is 19.4 Å². The molecule has 3 atom stereocenters. The summed E-state index contributed by atoms with van der Waals surface area (Å²) >= 11 is 1.89. The van der Waals surface area contributed by atoms with Crippen molar-refractivity contribution in [1.29, 1.82) is 0 Å². The van der Waals surface area contributed by atoms with E-state index in [1.54, 1.807) is 0 Å². The molecule has 0 spiro atoms. The third-order valence-electron chi connectivity index (χ3n) is 6.25. The van der Waals surface area contributed by atoms with Gasteiger partial charge >= 0.3 is 0 Å². The molecule has 2 aliphatic heterocycles. The van der Waals surface area contributed by atoms with Gasteiger partial charge in [-0.2, -0.15) is 0 Å². The minimum atomic E-state index is 0.0162. The van der Waals surface area contributed by atoms with Gasteiger partial charge in [0.1, 0.15) is 11.9 Å². The molecule has 3 aromatic rings. The van der Waals surface area contributed by atoms with Crippen LogP contribution in [0.5, 0.6) is 0 Å². The molecule has 5 nitrogen and oxygen atoms in total. The fourth-order valence-corrected chi connectivity index (χ4v) is 6.11. The highest BCUT2D eigenvalue weighted by Crippen LogP contribution is 2.49. The standard InChI is InChI=1S/C24H27N5S/c1-5-18-14-30-24-27-22(20-8-6-7-10-25-20)23(29(18)24)19-13-16(3)28(17(19)4)21-12-15(2)9-11-26-21/h6-13,18,22-23H,5,14H2,1-4H3/t18-,22+,23+/m0/s1. The molecule has 1 saturated heterocycles.